The molecule has 4 fully saturated rings. The molecule has 0 saturated heterocycles. The largest absolute Gasteiger partial charge is 0.390 e. The maximum Gasteiger partial charge on any atom is 0.0622 e. The Morgan fingerprint density at radius 2 is 1.71 bits per heavy atom. The van der Waals surface area contributed by atoms with Gasteiger partial charge in [-0.05, 0) is 113 Å². The molecule has 4 aliphatic carbocycles. The van der Waals surface area contributed by atoms with Crippen LogP contribution < -0.4 is 0 Å². The highest BCUT2D eigenvalue weighted by Gasteiger charge is 2.56. The van der Waals surface area contributed by atoms with Gasteiger partial charge in [-0.2, -0.15) is 0 Å². The second-order valence-corrected chi connectivity index (χ2v) is 10.4. The van der Waals surface area contributed by atoms with Gasteiger partial charge >= 0.3 is 0 Å². The molecule has 0 unspecified atom stereocenters. The Kier molecular flexibility index (Phi) is 4.18. The van der Waals surface area contributed by atoms with Gasteiger partial charge in [0.15, 0.2) is 0 Å². The lowest BCUT2D eigenvalue weighted by Gasteiger charge is -2.61. The average Bonchev–Trinajstić information content (AvgIpc) is 2.53. The van der Waals surface area contributed by atoms with Gasteiger partial charge in [-0.3, -0.25) is 0 Å². The van der Waals surface area contributed by atoms with Crippen molar-refractivity contribution < 1.29 is 5.11 Å². The van der Waals surface area contributed by atoms with Crippen molar-refractivity contribution in [2.24, 2.45) is 40.9 Å². The summed E-state index contributed by atoms with van der Waals surface area (Å²) in [5.74, 6) is 5.44. The molecule has 1 heteroatoms. The van der Waals surface area contributed by atoms with Crippen molar-refractivity contribution in [3.05, 3.63) is 11.6 Å². The van der Waals surface area contributed by atoms with E-state index < -0.39 is 0 Å². The maximum absolute atomic E-state index is 10.5. The van der Waals surface area contributed by atoms with Crippen LogP contribution in [0.3, 0.4) is 0 Å². The number of hydrogen-bond donors (Lipinski definition) is 1. The predicted molar refractivity (Wildman–Crippen MR) is 101 cm³/mol. The van der Waals surface area contributed by atoms with E-state index in [4.69, 9.17) is 0 Å². The lowest BCUT2D eigenvalue weighted by Crippen LogP contribution is -2.54. The van der Waals surface area contributed by atoms with Crippen LogP contribution in [-0.4, -0.2) is 10.7 Å². The Morgan fingerprint density at radius 1 is 0.958 bits per heavy atom. The second kappa shape index (κ2) is 5.86. The maximum atomic E-state index is 10.5. The van der Waals surface area contributed by atoms with E-state index in [1.807, 2.05) is 0 Å². The van der Waals surface area contributed by atoms with Gasteiger partial charge in [-0.1, -0.05) is 25.5 Å². The van der Waals surface area contributed by atoms with Crippen molar-refractivity contribution in [3.63, 3.8) is 0 Å². The molecule has 0 aliphatic heterocycles. The van der Waals surface area contributed by atoms with Crippen molar-refractivity contribution in [2.45, 2.75) is 91.1 Å². The van der Waals surface area contributed by atoms with Gasteiger partial charge in [0.05, 0.1) is 5.60 Å². The lowest BCUT2D eigenvalue weighted by atomic mass is 9.44. The van der Waals surface area contributed by atoms with Gasteiger partial charge in [0.25, 0.3) is 0 Å². The Bertz CT molecular complexity index is 518. The second-order valence-electron chi connectivity index (χ2n) is 10.4. The first-order valence-electron chi connectivity index (χ1n) is 10.7. The zero-order valence-electron chi connectivity index (χ0n) is 16.4. The average molecular weight is 331 g/mol. The number of fused-ring (bicyclic) bond motifs is 5. The highest BCUT2D eigenvalue weighted by molar-refractivity contribution is 5.21. The summed E-state index contributed by atoms with van der Waals surface area (Å²) in [6.45, 7) is 9.51. The highest BCUT2D eigenvalue weighted by Crippen LogP contribution is 2.64. The van der Waals surface area contributed by atoms with E-state index in [0.717, 1.165) is 48.3 Å². The van der Waals surface area contributed by atoms with Crippen LogP contribution >= 0.6 is 0 Å². The third kappa shape index (κ3) is 2.52. The van der Waals surface area contributed by atoms with Crippen molar-refractivity contribution in [2.75, 3.05) is 0 Å². The van der Waals surface area contributed by atoms with Crippen molar-refractivity contribution in [1.82, 2.24) is 0 Å². The molecule has 4 rings (SSSR count). The van der Waals surface area contributed by atoms with Crippen molar-refractivity contribution >= 4 is 0 Å². The zero-order valence-corrected chi connectivity index (χ0v) is 16.4. The summed E-state index contributed by atoms with van der Waals surface area (Å²) in [4.78, 5) is 0. The minimum Gasteiger partial charge on any atom is -0.390 e. The van der Waals surface area contributed by atoms with Gasteiger partial charge in [-0.15, -0.1) is 0 Å². The fourth-order valence-electron chi connectivity index (χ4n) is 8.08. The molecule has 8 atom stereocenters. The van der Waals surface area contributed by atoms with Crippen LogP contribution in [0.2, 0.25) is 0 Å². The molecule has 0 aromatic rings. The molecule has 0 amide bonds. The van der Waals surface area contributed by atoms with Crippen molar-refractivity contribution in [1.29, 1.82) is 0 Å². The van der Waals surface area contributed by atoms with E-state index in [1.165, 1.54) is 44.9 Å². The third-order valence-corrected chi connectivity index (χ3v) is 9.05. The molecule has 24 heavy (non-hydrogen) atoms. The Labute approximate surface area is 149 Å². The Hall–Kier alpha value is -0.300. The van der Waals surface area contributed by atoms with E-state index in [1.54, 1.807) is 5.57 Å². The first-order valence-corrected chi connectivity index (χ1v) is 10.7. The fourth-order valence-corrected chi connectivity index (χ4v) is 8.08. The first kappa shape index (κ1) is 17.1. The number of aliphatic hydroxyl groups is 1. The summed E-state index contributed by atoms with van der Waals surface area (Å²) in [7, 11) is 0. The van der Waals surface area contributed by atoms with Crippen molar-refractivity contribution in [3.8, 4) is 0 Å². The highest BCUT2D eigenvalue weighted by atomic mass is 16.3. The third-order valence-electron chi connectivity index (χ3n) is 9.05. The minimum atomic E-state index is -0.382. The first-order chi connectivity index (χ1) is 11.4. The van der Waals surface area contributed by atoms with Crippen LogP contribution in [0.1, 0.15) is 85.5 Å². The molecule has 136 valence electrons. The normalized spacial score (nSPS) is 56.3. The SMILES string of the molecule is C/C=C1\CC[C@@H](C)[C@H]2[C@@H]3CC[C@H]4C[C@](C)(O)CC[C@@H]4[C@H]3CC[C@]12C. The van der Waals surface area contributed by atoms with Gasteiger partial charge in [-0.25, -0.2) is 0 Å². The van der Waals surface area contributed by atoms with Gasteiger partial charge < -0.3 is 5.11 Å². The molecule has 4 aliphatic rings. The van der Waals surface area contributed by atoms with E-state index in [-0.39, 0.29) is 5.60 Å². The quantitative estimate of drug-likeness (QED) is 0.542. The van der Waals surface area contributed by atoms with Crippen LogP contribution in [0, 0.1) is 40.9 Å². The summed E-state index contributed by atoms with van der Waals surface area (Å²) in [5, 5.41) is 10.5. The van der Waals surface area contributed by atoms with Gasteiger partial charge in [0, 0.05) is 0 Å². The topological polar surface area (TPSA) is 20.2 Å². The zero-order chi connectivity index (χ0) is 17.1. The monoisotopic (exact) mass is 330 g/mol. The molecule has 0 spiro atoms. The molecular weight excluding hydrogens is 292 g/mol. The van der Waals surface area contributed by atoms with Crippen LogP contribution in [0.5, 0.6) is 0 Å². The van der Waals surface area contributed by atoms with E-state index >= 15 is 0 Å². The molecule has 1 nitrogen and oxygen atoms in total. The molecule has 1 N–H and O–H groups in total. The molecule has 0 radical (unpaired) electrons. The van der Waals surface area contributed by atoms with Crippen LogP contribution in [0.25, 0.3) is 0 Å². The number of rotatable bonds is 0. The summed E-state index contributed by atoms with van der Waals surface area (Å²) < 4.78 is 0. The van der Waals surface area contributed by atoms with Crippen LogP contribution in [0.4, 0.5) is 0 Å². The summed E-state index contributed by atoms with van der Waals surface area (Å²) >= 11 is 0. The van der Waals surface area contributed by atoms with Crippen LogP contribution in [0.15, 0.2) is 11.6 Å². The Morgan fingerprint density at radius 3 is 2.46 bits per heavy atom. The van der Waals surface area contributed by atoms with E-state index in [9.17, 15) is 5.11 Å². The van der Waals surface area contributed by atoms with Crippen LogP contribution in [-0.2, 0) is 0 Å². The molecule has 0 bridgehead atoms. The van der Waals surface area contributed by atoms with E-state index in [2.05, 4.69) is 33.8 Å². The molecule has 4 saturated carbocycles. The molecule has 0 heterocycles. The number of allylic oxidation sites excluding steroid dienone is 2. The lowest BCUT2D eigenvalue weighted by molar-refractivity contribution is -0.110. The number of hydrogen-bond acceptors (Lipinski definition) is 1. The summed E-state index contributed by atoms with van der Waals surface area (Å²) in [6, 6.07) is 0. The smallest absolute Gasteiger partial charge is 0.0622 e. The molecule has 0 aromatic heterocycles. The van der Waals surface area contributed by atoms with E-state index in [0.29, 0.717) is 5.41 Å². The minimum absolute atomic E-state index is 0.382. The summed E-state index contributed by atoms with van der Waals surface area (Å²) in [5.41, 5.74) is 1.88. The fraction of sp³-hybridized carbons (Fsp3) is 0.913. The van der Waals surface area contributed by atoms with Gasteiger partial charge in [0.2, 0.25) is 0 Å². The standard InChI is InChI=1S/C23H38O/c1-5-17-8-6-15(2)21-20-9-7-16-14-22(3,24)12-10-18(16)19(20)11-13-23(17,21)4/h5,15-16,18-21,24H,6-14H2,1-4H3/b17-5+/t15-,16+,18+,19-,20-,21+,22-,23-/m1/s1. The Balaban J connectivity index is 1.61. The predicted octanol–water partition coefficient (Wildman–Crippen LogP) is 5.97. The molecular formula is C23H38O. The van der Waals surface area contributed by atoms with Gasteiger partial charge in [0.1, 0.15) is 0 Å². The molecule has 0 aromatic carbocycles. The summed E-state index contributed by atoms with van der Waals surface area (Å²) in [6.07, 6.45) is 14.3.